The molecular formula is C25H35N5O. The lowest BCUT2D eigenvalue weighted by molar-refractivity contribution is -0.117. The van der Waals surface area contributed by atoms with E-state index in [4.69, 9.17) is 0 Å². The van der Waals surface area contributed by atoms with Crippen LogP contribution in [-0.2, 0) is 4.79 Å². The van der Waals surface area contributed by atoms with Gasteiger partial charge in [0, 0.05) is 31.4 Å². The number of carbonyl (C=O) groups excluding carboxylic acids is 1. The molecule has 0 aromatic carbocycles. The van der Waals surface area contributed by atoms with Crippen LogP contribution in [0, 0.1) is 11.8 Å². The lowest BCUT2D eigenvalue weighted by Gasteiger charge is -2.17. The van der Waals surface area contributed by atoms with Gasteiger partial charge in [-0.25, -0.2) is 4.98 Å². The summed E-state index contributed by atoms with van der Waals surface area (Å²) in [5.41, 5.74) is 2.15. The molecule has 2 aliphatic carbocycles. The van der Waals surface area contributed by atoms with Crippen LogP contribution in [0.3, 0.4) is 0 Å². The average molecular weight is 422 g/mol. The lowest BCUT2D eigenvalue weighted by atomic mass is 9.96. The quantitative estimate of drug-likeness (QED) is 0.513. The molecule has 1 aromatic heterocycles. The third kappa shape index (κ3) is 8.04. The largest absolute Gasteiger partial charge is 0.366 e. The van der Waals surface area contributed by atoms with Crippen molar-refractivity contribution in [3.8, 4) is 0 Å². The Morgan fingerprint density at radius 1 is 1.29 bits per heavy atom. The molecule has 0 radical (unpaired) electrons. The normalized spacial score (nSPS) is 18.2. The molecule has 1 amide bonds. The molecule has 31 heavy (non-hydrogen) atoms. The van der Waals surface area contributed by atoms with Gasteiger partial charge in [0.15, 0.2) is 0 Å². The van der Waals surface area contributed by atoms with Gasteiger partial charge < -0.3 is 16.0 Å². The van der Waals surface area contributed by atoms with Crippen molar-refractivity contribution in [3.05, 3.63) is 59.9 Å². The maximum Gasteiger partial charge on any atom is 0.250 e. The summed E-state index contributed by atoms with van der Waals surface area (Å²) < 4.78 is 0. The van der Waals surface area contributed by atoms with Crippen molar-refractivity contribution in [1.82, 2.24) is 15.3 Å². The highest BCUT2D eigenvalue weighted by molar-refractivity contribution is 5.96. The van der Waals surface area contributed by atoms with Crippen LogP contribution < -0.4 is 16.0 Å². The number of carbonyl (C=O) groups is 1. The van der Waals surface area contributed by atoms with Gasteiger partial charge in [0.05, 0.1) is 0 Å². The zero-order valence-corrected chi connectivity index (χ0v) is 18.7. The first-order chi connectivity index (χ1) is 15.1. The molecule has 3 rings (SSSR count). The fraction of sp³-hybridized carbons (Fsp3) is 0.480. The molecule has 0 aliphatic heterocycles. The lowest BCUT2D eigenvalue weighted by Crippen LogP contribution is -2.27. The first-order valence-corrected chi connectivity index (χ1v) is 11.4. The molecule has 0 spiro atoms. The second-order valence-electron chi connectivity index (χ2n) is 8.60. The Bertz CT molecular complexity index is 853. The van der Waals surface area contributed by atoms with Gasteiger partial charge in [0.2, 0.25) is 5.95 Å². The van der Waals surface area contributed by atoms with Gasteiger partial charge in [-0.1, -0.05) is 55.9 Å². The van der Waals surface area contributed by atoms with Crippen molar-refractivity contribution >= 4 is 17.7 Å². The van der Waals surface area contributed by atoms with E-state index in [2.05, 4.69) is 64.1 Å². The Balaban J connectivity index is 1.41. The number of aromatic nitrogens is 2. The first kappa shape index (κ1) is 22.8. The van der Waals surface area contributed by atoms with Gasteiger partial charge in [0.25, 0.3) is 5.91 Å². The number of rotatable bonds is 10. The zero-order valence-electron chi connectivity index (χ0n) is 18.7. The van der Waals surface area contributed by atoms with Crippen LogP contribution in [0.1, 0.15) is 46.0 Å². The summed E-state index contributed by atoms with van der Waals surface area (Å²) in [5, 5.41) is 9.72. The van der Waals surface area contributed by atoms with Gasteiger partial charge >= 0.3 is 0 Å². The van der Waals surface area contributed by atoms with Gasteiger partial charge in [-0.05, 0) is 50.0 Å². The Labute approximate surface area is 186 Å². The number of nitrogens with zero attached hydrogens (tertiary/aromatic N) is 2. The molecule has 0 saturated heterocycles. The molecule has 2 aliphatic rings. The van der Waals surface area contributed by atoms with Crippen molar-refractivity contribution in [2.45, 2.75) is 46.0 Å². The fourth-order valence-corrected chi connectivity index (χ4v) is 3.51. The van der Waals surface area contributed by atoms with E-state index in [1.807, 2.05) is 18.2 Å². The predicted molar refractivity (Wildman–Crippen MR) is 128 cm³/mol. The van der Waals surface area contributed by atoms with Gasteiger partial charge in [0.1, 0.15) is 5.82 Å². The molecule has 0 bridgehead atoms. The second kappa shape index (κ2) is 12.1. The topological polar surface area (TPSA) is 78.9 Å². The van der Waals surface area contributed by atoms with E-state index in [0.29, 0.717) is 17.8 Å². The Kier molecular flexibility index (Phi) is 8.88. The second-order valence-corrected chi connectivity index (χ2v) is 8.60. The molecule has 1 atom stereocenters. The Hall–Kier alpha value is -2.89. The Morgan fingerprint density at radius 2 is 2.19 bits per heavy atom. The van der Waals surface area contributed by atoms with E-state index in [1.54, 1.807) is 6.20 Å². The van der Waals surface area contributed by atoms with Crippen LogP contribution in [0.4, 0.5) is 11.8 Å². The molecule has 1 heterocycles. The van der Waals surface area contributed by atoms with Crippen LogP contribution in [-0.4, -0.2) is 35.5 Å². The average Bonchev–Trinajstić information content (AvgIpc) is 3.05. The highest BCUT2D eigenvalue weighted by Gasteiger charge is 2.14. The fourth-order valence-electron chi connectivity index (χ4n) is 3.51. The molecule has 6 nitrogen and oxygen atoms in total. The molecule has 3 N–H and O–H groups in total. The van der Waals surface area contributed by atoms with Crippen LogP contribution >= 0.6 is 0 Å². The van der Waals surface area contributed by atoms with Gasteiger partial charge in [-0.15, -0.1) is 0 Å². The minimum absolute atomic E-state index is 0.0182. The number of allylic oxidation sites excluding steroid dienone is 4. The van der Waals surface area contributed by atoms with E-state index in [0.717, 1.165) is 56.7 Å². The summed E-state index contributed by atoms with van der Waals surface area (Å²) in [7, 11) is 0. The predicted octanol–water partition coefficient (Wildman–Crippen LogP) is 4.63. The molecule has 1 aromatic rings. The number of anilines is 2. The maximum atomic E-state index is 12.2. The van der Waals surface area contributed by atoms with Crippen molar-refractivity contribution in [2.75, 3.05) is 30.3 Å². The van der Waals surface area contributed by atoms with Crippen LogP contribution in [0.25, 0.3) is 0 Å². The van der Waals surface area contributed by atoms with Crippen molar-refractivity contribution in [2.24, 2.45) is 11.8 Å². The summed E-state index contributed by atoms with van der Waals surface area (Å²) in [6, 6.07) is 1.89. The standard InChI is InChI=1S/C25H35N5O/c1-19(2)13-15-26-24(31)22-11-9-21(10-12-22)18-29-25-27-16-14-23(30-25)28-17-20-7-5-3-4-6-8-20/h3,5,7,9,11-12,14,16,19,21H,4,6,8,10,13,15,17-18H2,1-2H3,(H,26,31)(H2,27,28,29,30). The third-order valence-electron chi connectivity index (χ3n) is 5.47. The number of hydrogen-bond acceptors (Lipinski definition) is 5. The van der Waals surface area contributed by atoms with Crippen molar-refractivity contribution < 1.29 is 4.79 Å². The summed E-state index contributed by atoms with van der Waals surface area (Å²) in [4.78, 5) is 21.1. The Morgan fingerprint density at radius 3 is 3.00 bits per heavy atom. The summed E-state index contributed by atoms with van der Waals surface area (Å²) in [5.74, 6) is 2.37. The van der Waals surface area contributed by atoms with E-state index < -0.39 is 0 Å². The molecular weight excluding hydrogens is 386 g/mol. The number of nitrogens with one attached hydrogen (secondary N) is 3. The number of hydrogen-bond donors (Lipinski definition) is 3. The summed E-state index contributed by atoms with van der Waals surface area (Å²) in [6.45, 7) is 6.58. The van der Waals surface area contributed by atoms with E-state index in [9.17, 15) is 4.79 Å². The minimum Gasteiger partial charge on any atom is -0.366 e. The van der Waals surface area contributed by atoms with Crippen molar-refractivity contribution in [1.29, 1.82) is 0 Å². The maximum absolute atomic E-state index is 12.2. The highest BCUT2D eigenvalue weighted by Crippen LogP contribution is 2.18. The SMILES string of the molecule is CC(C)CCNC(=O)C1=CCC(CNc2nccc(NCC3=CC=CCCC3)n2)C=C1. The number of amides is 1. The smallest absolute Gasteiger partial charge is 0.250 e. The van der Waals surface area contributed by atoms with Gasteiger partial charge in [-0.2, -0.15) is 4.98 Å². The minimum atomic E-state index is 0.0182. The summed E-state index contributed by atoms with van der Waals surface area (Å²) >= 11 is 0. The highest BCUT2D eigenvalue weighted by atomic mass is 16.1. The van der Waals surface area contributed by atoms with Crippen LogP contribution in [0.2, 0.25) is 0 Å². The van der Waals surface area contributed by atoms with E-state index in [1.165, 1.54) is 12.0 Å². The molecule has 0 saturated carbocycles. The molecule has 166 valence electrons. The first-order valence-electron chi connectivity index (χ1n) is 11.4. The van der Waals surface area contributed by atoms with Crippen LogP contribution in [0.15, 0.2) is 59.9 Å². The van der Waals surface area contributed by atoms with Crippen molar-refractivity contribution in [3.63, 3.8) is 0 Å². The third-order valence-corrected chi connectivity index (χ3v) is 5.47. The molecule has 6 heteroatoms. The van der Waals surface area contributed by atoms with Crippen LogP contribution in [0.5, 0.6) is 0 Å². The monoisotopic (exact) mass is 421 g/mol. The zero-order chi connectivity index (χ0) is 21.9. The molecule has 1 unspecified atom stereocenters. The van der Waals surface area contributed by atoms with Gasteiger partial charge in [-0.3, -0.25) is 4.79 Å². The van der Waals surface area contributed by atoms with E-state index >= 15 is 0 Å². The summed E-state index contributed by atoms with van der Waals surface area (Å²) in [6.07, 6.45) is 19.7. The molecule has 0 fully saturated rings. The van der Waals surface area contributed by atoms with E-state index in [-0.39, 0.29) is 5.91 Å².